The predicted molar refractivity (Wildman–Crippen MR) is 42.8 cm³/mol. The highest BCUT2D eigenvalue weighted by molar-refractivity contribution is 4.93. The molecule has 4 unspecified atom stereocenters. The first kappa shape index (κ1) is 17.3. The van der Waals surface area contributed by atoms with Gasteiger partial charge in [-0.3, -0.25) is 0 Å². The minimum atomic E-state index is -3.45. The Labute approximate surface area is 106 Å². The van der Waals surface area contributed by atoms with Gasteiger partial charge in [0.25, 0.3) is 0 Å². The third-order valence-electron chi connectivity index (χ3n) is 2.83. The molecule has 0 aromatic rings. The standard InChI is InChI=1S/C6H8F8N4O2/c1-5(17(11)12)6(2,18(13)14)20-4(16(9)10)3(19-5)15(7)8/h3-4H,1-2H3. The summed E-state index contributed by atoms with van der Waals surface area (Å²) in [7, 11) is 0. The van der Waals surface area contributed by atoms with Crippen molar-refractivity contribution >= 4 is 0 Å². The quantitative estimate of drug-likeness (QED) is 0.584. The van der Waals surface area contributed by atoms with Crippen LogP contribution in [0.15, 0.2) is 0 Å². The molecule has 1 saturated heterocycles. The molecule has 6 nitrogen and oxygen atoms in total. The second-order valence-electron chi connectivity index (χ2n) is 3.97. The number of ether oxygens (including phenoxy) is 2. The maximum Gasteiger partial charge on any atom is 0.227 e. The molecule has 1 aliphatic heterocycles. The molecule has 120 valence electrons. The van der Waals surface area contributed by atoms with Crippen LogP contribution in [0.1, 0.15) is 13.8 Å². The molecule has 0 amide bonds. The Morgan fingerprint density at radius 1 is 0.650 bits per heavy atom. The molecule has 0 aromatic heterocycles. The summed E-state index contributed by atoms with van der Waals surface area (Å²) in [6, 6.07) is 0. The van der Waals surface area contributed by atoms with Crippen LogP contribution in [0, 0.1) is 0 Å². The van der Waals surface area contributed by atoms with Gasteiger partial charge >= 0.3 is 0 Å². The normalized spacial score (nSPS) is 39.3. The van der Waals surface area contributed by atoms with E-state index in [1.54, 1.807) is 0 Å². The molecule has 14 heteroatoms. The smallest absolute Gasteiger partial charge is 0.227 e. The summed E-state index contributed by atoms with van der Waals surface area (Å²) in [5.74, 6) is 0. The Kier molecular flexibility index (Phi) is 4.77. The van der Waals surface area contributed by atoms with Crippen molar-refractivity contribution in [1.82, 2.24) is 21.4 Å². The predicted octanol–water partition coefficient (Wildman–Crippen LogP) is 2.40. The Hall–Kier alpha value is -0.800. The average Bonchev–Trinajstić information content (AvgIpc) is 2.30. The van der Waals surface area contributed by atoms with E-state index in [9.17, 15) is 35.9 Å². The lowest BCUT2D eigenvalue weighted by molar-refractivity contribution is -0.540. The fourth-order valence-corrected chi connectivity index (χ4v) is 1.47. The minimum absolute atomic E-state index is 0.271. The van der Waals surface area contributed by atoms with Gasteiger partial charge in [-0.25, -0.2) is 0 Å². The molecule has 0 bridgehead atoms. The SMILES string of the molecule is CC1(N(F)F)OC(N(F)F)C(N(F)F)OC1(C)N(F)F. The first-order chi connectivity index (χ1) is 8.97. The molecule has 1 heterocycles. The zero-order chi connectivity index (χ0) is 15.9. The van der Waals surface area contributed by atoms with Crippen LogP contribution in [0.4, 0.5) is 35.9 Å². The van der Waals surface area contributed by atoms with Crippen LogP contribution >= 0.6 is 0 Å². The van der Waals surface area contributed by atoms with E-state index in [1.807, 2.05) is 0 Å². The highest BCUT2D eigenvalue weighted by Gasteiger charge is 2.67. The van der Waals surface area contributed by atoms with E-state index in [2.05, 4.69) is 9.47 Å². The van der Waals surface area contributed by atoms with Gasteiger partial charge in [-0.1, -0.05) is 35.9 Å². The average molecular weight is 320 g/mol. The van der Waals surface area contributed by atoms with Crippen molar-refractivity contribution in [2.24, 2.45) is 0 Å². The summed E-state index contributed by atoms with van der Waals surface area (Å²) >= 11 is 0. The van der Waals surface area contributed by atoms with E-state index >= 15 is 0 Å². The molecule has 20 heavy (non-hydrogen) atoms. The van der Waals surface area contributed by atoms with Crippen LogP contribution in [0.3, 0.4) is 0 Å². The molecule has 0 spiro atoms. The van der Waals surface area contributed by atoms with E-state index in [1.165, 1.54) is 0 Å². The van der Waals surface area contributed by atoms with Crippen LogP contribution in [0.25, 0.3) is 0 Å². The molecule has 0 saturated carbocycles. The van der Waals surface area contributed by atoms with Crippen LogP contribution in [0.5, 0.6) is 0 Å². The van der Waals surface area contributed by atoms with Crippen LogP contribution in [-0.4, -0.2) is 45.3 Å². The first-order valence-electron chi connectivity index (χ1n) is 4.78. The Balaban J connectivity index is 3.26. The van der Waals surface area contributed by atoms with Gasteiger partial charge in [0, 0.05) is 0 Å². The van der Waals surface area contributed by atoms with Gasteiger partial charge in [0.2, 0.25) is 23.9 Å². The van der Waals surface area contributed by atoms with Crippen LogP contribution < -0.4 is 0 Å². The molecule has 1 fully saturated rings. The zero-order valence-corrected chi connectivity index (χ0v) is 9.78. The topological polar surface area (TPSA) is 31.4 Å². The van der Waals surface area contributed by atoms with Gasteiger partial charge in [-0.05, 0) is 13.8 Å². The van der Waals surface area contributed by atoms with Crippen molar-refractivity contribution in [1.29, 1.82) is 0 Å². The molecule has 0 aromatic carbocycles. The molecule has 0 aliphatic carbocycles. The van der Waals surface area contributed by atoms with Gasteiger partial charge in [-0.15, -0.1) is 0 Å². The van der Waals surface area contributed by atoms with Crippen LogP contribution in [0.2, 0.25) is 0 Å². The highest BCUT2D eigenvalue weighted by atomic mass is 19.4. The Morgan fingerprint density at radius 3 is 1.05 bits per heavy atom. The number of rotatable bonds is 4. The zero-order valence-electron chi connectivity index (χ0n) is 9.78. The van der Waals surface area contributed by atoms with Crippen LogP contribution in [-0.2, 0) is 9.47 Å². The lowest BCUT2D eigenvalue weighted by Gasteiger charge is -2.51. The maximum atomic E-state index is 12.7. The number of hydrogen-bond donors (Lipinski definition) is 0. The van der Waals surface area contributed by atoms with Gasteiger partial charge in [0.05, 0.1) is 21.4 Å². The molecule has 0 radical (unpaired) electrons. The Morgan fingerprint density at radius 2 is 0.900 bits per heavy atom. The molecular formula is C6H8F8N4O2. The summed E-state index contributed by atoms with van der Waals surface area (Å²) in [6.45, 7) is 0.541. The lowest BCUT2D eigenvalue weighted by atomic mass is 10.0. The summed E-state index contributed by atoms with van der Waals surface area (Å²) in [4.78, 5) is 0. The summed E-state index contributed by atoms with van der Waals surface area (Å²) in [5, 5.41) is -7.96. The summed E-state index contributed by atoms with van der Waals surface area (Å²) < 4.78 is 109. The van der Waals surface area contributed by atoms with Gasteiger partial charge in [-0.2, -0.15) is 0 Å². The van der Waals surface area contributed by atoms with Crippen molar-refractivity contribution in [3.05, 3.63) is 0 Å². The van der Waals surface area contributed by atoms with E-state index in [-0.39, 0.29) is 13.8 Å². The molecule has 1 rings (SSSR count). The van der Waals surface area contributed by atoms with Crippen molar-refractivity contribution in [2.75, 3.05) is 0 Å². The largest absolute Gasteiger partial charge is 0.322 e. The summed E-state index contributed by atoms with van der Waals surface area (Å²) in [6.07, 6.45) is -6.06. The Bertz CT molecular complexity index is 317. The fraction of sp³-hybridized carbons (Fsp3) is 1.00. The van der Waals surface area contributed by atoms with Gasteiger partial charge in [0.1, 0.15) is 0 Å². The van der Waals surface area contributed by atoms with E-state index in [0.29, 0.717) is 0 Å². The second-order valence-corrected chi connectivity index (χ2v) is 3.97. The molecule has 0 N–H and O–H groups in total. The molecular weight excluding hydrogens is 312 g/mol. The third-order valence-corrected chi connectivity index (χ3v) is 2.83. The monoisotopic (exact) mass is 320 g/mol. The van der Waals surface area contributed by atoms with E-state index in [4.69, 9.17) is 0 Å². The molecule has 4 atom stereocenters. The van der Waals surface area contributed by atoms with E-state index < -0.39 is 45.3 Å². The summed E-state index contributed by atoms with van der Waals surface area (Å²) in [5.41, 5.74) is -6.91. The van der Waals surface area contributed by atoms with Crippen molar-refractivity contribution in [3.8, 4) is 0 Å². The number of nitrogens with zero attached hydrogens (tertiary/aromatic N) is 4. The highest BCUT2D eigenvalue weighted by Crippen LogP contribution is 2.45. The number of hydrogen-bond acceptors (Lipinski definition) is 6. The second kappa shape index (κ2) is 5.53. The fourth-order valence-electron chi connectivity index (χ4n) is 1.47. The van der Waals surface area contributed by atoms with Gasteiger partial charge in [0.15, 0.2) is 0 Å². The lowest BCUT2D eigenvalue weighted by Crippen LogP contribution is -2.73. The molecule has 1 aliphatic rings. The van der Waals surface area contributed by atoms with Crippen molar-refractivity contribution in [3.63, 3.8) is 0 Å². The third kappa shape index (κ3) is 2.53. The van der Waals surface area contributed by atoms with Gasteiger partial charge < -0.3 is 9.47 Å². The first-order valence-corrected chi connectivity index (χ1v) is 4.78. The minimum Gasteiger partial charge on any atom is -0.322 e. The van der Waals surface area contributed by atoms with E-state index in [0.717, 1.165) is 0 Å². The van der Waals surface area contributed by atoms with Crippen molar-refractivity contribution in [2.45, 2.75) is 37.8 Å². The maximum absolute atomic E-state index is 12.7. The van der Waals surface area contributed by atoms with Crippen molar-refractivity contribution < 1.29 is 45.3 Å². The number of halogens is 8.